The molecule has 1 aromatic rings. The Kier molecular flexibility index (Phi) is 5.29. The average molecular weight is 370 g/mol. The standard InChI is InChI=1S/C17H23FN2O4S/c1-24-16-3-2-13(12-15(16)18)17(21)20-8-6-19(7-9-20)14-4-10-25(22,23)11-5-14/h2-3,12,14H,4-11H2,1H3. The summed E-state index contributed by atoms with van der Waals surface area (Å²) < 4.78 is 41.7. The maximum Gasteiger partial charge on any atom is 0.254 e. The number of carbonyl (C=O) groups excluding carboxylic acids is 1. The summed E-state index contributed by atoms with van der Waals surface area (Å²) in [5.74, 6) is -0.111. The lowest BCUT2D eigenvalue weighted by molar-refractivity contribution is 0.0557. The zero-order valence-corrected chi connectivity index (χ0v) is 15.1. The highest BCUT2D eigenvalue weighted by Gasteiger charge is 2.31. The summed E-state index contributed by atoms with van der Waals surface area (Å²) in [4.78, 5) is 16.5. The highest BCUT2D eigenvalue weighted by molar-refractivity contribution is 7.91. The van der Waals surface area contributed by atoms with Gasteiger partial charge in [0.05, 0.1) is 18.6 Å². The smallest absolute Gasteiger partial charge is 0.254 e. The molecule has 2 aliphatic rings. The molecule has 0 aromatic heterocycles. The van der Waals surface area contributed by atoms with Crippen LogP contribution in [-0.4, -0.2) is 75.0 Å². The minimum atomic E-state index is -2.86. The first-order chi connectivity index (χ1) is 11.9. The Hall–Kier alpha value is -1.67. The van der Waals surface area contributed by atoms with Crippen LogP contribution < -0.4 is 4.74 Å². The van der Waals surface area contributed by atoms with Crippen molar-refractivity contribution in [2.45, 2.75) is 18.9 Å². The average Bonchev–Trinajstić information content (AvgIpc) is 2.61. The van der Waals surface area contributed by atoms with Crippen molar-refractivity contribution in [3.8, 4) is 5.75 Å². The molecule has 6 nitrogen and oxygen atoms in total. The lowest BCUT2D eigenvalue weighted by Gasteiger charge is -2.40. The summed E-state index contributed by atoms with van der Waals surface area (Å²) >= 11 is 0. The number of nitrogens with zero attached hydrogens (tertiary/aromatic N) is 2. The second-order valence-electron chi connectivity index (χ2n) is 6.56. The molecule has 138 valence electrons. The molecule has 0 aliphatic carbocycles. The molecule has 8 heteroatoms. The molecule has 2 heterocycles. The summed E-state index contributed by atoms with van der Waals surface area (Å²) in [6.45, 7) is 2.57. The third-order valence-electron chi connectivity index (χ3n) is 5.04. The van der Waals surface area contributed by atoms with E-state index in [1.165, 1.54) is 19.2 Å². The van der Waals surface area contributed by atoms with Gasteiger partial charge in [0.25, 0.3) is 5.91 Å². The van der Waals surface area contributed by atoms with E-state index in [1.54, 1.807) is 11.0 Å². The Bertz CT molecular complexity index is 731. The van der Waals surface area contributed by atoms with Crippen molar-refractivity contribution in [2.24, 2.45) is 0 Å². The number of amides is 1. The number of benzene rings is 1. The monoisotopic (exact) mass is 370 g/mol. The van der Waals surface area contributed by atoms with Crippen molar-refractivity contribution in [1.82, 2.24) is 9.80 Å². The van der Waals surface area contributed by atoms with E-state index in [2.05, 4.69) is 4.90 Å². The summed E-state index contributed by atoms with van der Waals surface area (Å²) in [5.41, 5.74) is 0.315. The van der Waals surface area contributed by atoms with Crippen LogP contribution in [0.5, 0.6) is 5.75 Å². The highest BCUT2D eigenvalue weighted by Crippen LogP contribution is 2.22. The first-order valence-electron chi connectivity index (χ1n) is 8.47. The minimum Gasteiger partial charge on any atom is -0.494 e. The minimum absolute atomic E-state index is 0.119. The van der Waals surface area contributed by atoms with Crippen LogP contribution in [-0.2, 0) is 9.84 Å². The fraction of sp³-hybridized carbons (Fsp3) is 0.588. The van der Waals surface area contributed by atoms with Gasteiger partial charge in [-0.15, -0.1) is 0 Å². The predicted octanol–water partition coefficient (Wildman–Crippen LogP) is 1.17. The molecule has 0 radical (unpaired) electrons. The van der Waals surface area contributed by atoms with Crippen LogP contribution in [0.3, 0.4) is 0 Å². The number of rotatable bonds is 3. The lowest BCUT2D eigenvalue weighted by atomic mass is 10.1. The molecular formula is C17H23FN2O4S. The molecule has 1 amide bonds. The molecule has 0 atom stereocenters. The number of piperazine rings is 1. The summed E-state index contributed by atoms with van der Waals surface area (Å²) in [7, 11) is -1.48. The largest absolute Gasteiger partial charge is 0.494 e. The number of sulfone groups is 1. The van der Waals surface area contributed by atoms with Gasteiger partial charge in [-0.2, -0.15) is 0 Å². The normalized spacial score (nSPS) is 21.9. The molecule has 1 aromatic carbocycles. The molecule has 2 saturated heterocycles. The van der Waals surface area contributed by atoms with Gasteiger partial charge in [-0.25, -0.2) is 12.8 Å². The van der Waals surface area contributed by atoms with Gasteiger partial charge < -0.3 is 9.64 Å². The van der Waals surface area contributed by atoms with Crippen LogP contribution in [0.15, 0.2) is 18.2 Å². The first-order valence-corrected chi connectivity index (χ1v) is 10.3. The van der Waals surface area contributed by atoms with Crippen molar-refractivity contribution in [1.29, 1.82) is 0 Å². The van der Waals surface area contributed by atoms with Gasteiger partial charge >= 0.3 is 0 Å². The third-order valence-corrected chi connectivity index (χ3v) is 6.76. The SMILES string of the molecule is COc1ccc(C(=O)N2CCN(C3CCS(=O)(=O)CC3)CC2)cc1F. The number of halogens is 1. The molecule has 2 fully saturated rings. The van der Waals surface area contributed by atoms with Crippen LogP contribution in [0, 0.1) is 5.82 Å². The molecule has 2 aliphatic heterocycles. The van der Waals surface area contributed by atoms with E-state index in [0.29, 0.717) is 31.5 Å². The Morgan fingerprint density at radius 2 is 1.80 bits per heavy atom. The van der Waals surface area contributed by atoms with Gasteiger partial charge in [-0.1, -0.05) is 0 Å². The maximum absolute atomic E-state index is 13.8. The topological polar surface area (TPSA) is 66.9 Å². The lowest BCUT2D eigenvalue weighted by Crippen LogP contribution is -2.53. The summed E-state index contributed by atoms with van der Waals surface area (Å²) in [6, 6.07) is 4.52. The Morgan fingerprint density at radius 3 is 2.36 bits per heavy atom. The van der Waals surface area contributed by atoms with E-state index in [4.69, 9.17) is 4.74 Å². The zero-order valence-electron chi connectivity index (χ0n) is 14.3. The number of methoxy groups -OCH3 is 1. The molecule has 3 rings (SSSR count). The number of ether oxygens (including phenoxy) is 1. The van der Waals surface area contributed by atoms with Crippen molar-refractivity contribution in [2.75, 3.05) is 44.8 Å². The number of hydrogen-bond acceptors (Lipinski definition) is 5. The van der Waals surface area contributed by atoms with E-state index in [1.807, 2.05) is 0 Å². The van der Waals surface area contributed by atoms with E-state index in [-0.39, 0.29) is 29.2 Å². The van der Waals surface area contributed by atoms with E-state index in [0.717, 1.165) is 13.1 Å². The quantitative estimate of drug-likeness (QED) is 0.799. The van der Waals surface area contributed by atoms with Gasteiger partial charge in [0.1, 0.15) is 9.84 Å². The van der Waals surface area contributed by atoms with Gasteiger partial charge in [0, 0.05) is 37.8 Å². The molecular weight excluding hydrogens is 347 g/mol. The summed E-state index contributed by atoms with van der Waals surface area (Å²) in [6.07, 6.45) is 1.33. The second kappa shape index (κ2) is 7.29. The first kappa shape index (κ1) is 18.1. The second-order valence-corrected chi connectivity index (χ2v) is 8.86. The van der Waals surface area contributed by atoms with Crippen molar-refractivity contribution < 1.29 is 22.3 Å². The van der Waals surface area contributed by atoms with Crippen LogP contribution in [0.2, 0.25) is 0 Å². The van der Waals surface area contributed by atoms with Crippen molar-refractivity contribution in [3.05, 3.63) is 29.6 Å². The Balaban J connectivity index is 1.57. The van der Waals surface area contributed by atoms with Crippen LogP contribution in [0.25, 0.3) is 0 Å². The van der Waals surface area contributed by atoms with E-state index < -0.39 is 15.7 Å². The van der Waals surface area contributed by atoms with Gasteiger partial charge in [0.2, 0.25) is 0 Å². The zero-order chi connectivity index (χ0) is 18.0. The molecule has 0 bridgehead atoms. The van der Waals surface area contributed by atoms with Crippen molar-refractivity contribution >= 4 is 15.7 Å². The highest BCUT2D eigenvalue weighted by atomic mass is 32.2. The predicted molar refractivity (Wildman–Crippen MR) is 92.1 cm³/mol. The van der Waals surface area contributed by atoms with Gasteiger partial charge in [-0.05, 0) is 31.0 Å². The number of carbonyl (C=O) groups is 1. The van der Waals surface area contributed by atoms with E-state index >= 15 is 0 Å². The molecule has 0 spiro atoms. The van der Waals surface area contributed by atoms with Gasteiger partial charge in [0.15, 0.2) is 11.6 Å². The molecule has 25 heavy (non-hydrogen) atoms. The molecule has 0 saturated carbocycles. The number of hydrogen-bond donors (Lipinski definition) is 0. The fourth-order valence-corrected chi connectivity index (χ4v) is 4.98. The fourth-order valence-electron chi connectivity index (χ4n) is 3.51. The van der Waals surface area contributed by atoms with E-state index in [9.17, 15) is 17.6 Å². The maximum atomic E-state index is 13.8. The Morgan fingerprint density at radius 1 is 1.16 bits per heavy atom. The molecule has 0 N–H and O–H groups in total. The van der Waals surface area contributed by atoms with Gasteiger partial charge in [-0.3, -0.25) is 9.69 Å². The Labute approximate surface area is 147 Å². The summed E-state index contributed by atoms with van der Waals surface area (Å²) in [5, 5.41) is 0. The molecule has 0 unspecified atom stereocenters. The van der Waals surface area contributed by atoms with Crippen molar-refractivity contribution in [3.63, 3.8) is 0 Å². The van der Waals surface area contributed by atoms with Crippen LogP contribution >= 0.6 is 0 Å². The third kappa shape index (κ3) is 4.12. The van der Waals surface area contributed by atoms with Crippen LogP contribution in [0.4, 0.5) is 4.39 Å². The van der Waals surface area contributed by atoms with Crippen LogP contribution in [0.1, 0.15) is 23.2 Å².